The van der Waals surface area contributed by atoms with Crippen LogP contribution in [0.2, 0.25) is 0 Å². The minimum Gasteiger partial charge on any atom is -0.508 e. The smallest absolute Gasteiger partial charge is 0.324 e. The fourth-order valence-electron chi connectivity index (χ4n) is 10.3. The summed E-state index contributed by atoms with van der Waals surface area (Å²) in [4.78, 5) is 77.8. The second kappa shape index (κ2) is 20.2. The third-order valence-corrected chi connectivity index (χ3v) is 14.2. The van der Waals surface area contributed by atoms with Crippen molar-refractivity contribution in [2.24, 2.45) is 17.3 Å². The maximum atomic E-state index is 14.8. The third-order valence-electron chi connectivity index (χ3n) is 14.2. The minimum atomic E-state index is -1.19. The van der Waals surface area contributed by atoms with Crippen LogP contribution in [-0.4, -0.2) is 143 Å². The van der Waals surface area contributed by atoms with Crippen molar-refractivity contribution < 1.29 is 43.3 Å². The maximum Gasteiger partial charge on any atom is 0.324 e. The number of fused-ring (bicyclic) bond motifs is 6. The van der Waals surface area contributed by atoms with E-state index in [2.05, 4.69) is 59.6 Å². The van der Waals surface area contributed by atoms with Gasteiger partial charge in [-0.2, -0.15) is 0 Å². The first-order valence-corrected chi connectivity index (χ1v) is 24.2. The molecule has 69 heavy (non-hydrogen) atoms. The van der Waals surface area contributed by atoms with Gasteiger partial charge in [0.1, 0.15) is 29.9 Å². The summed E-state index contributed by atoms with van der Waals surface area (Å²) in [6, 6.07) is 12.0. The highest BCUT2D eigenvalue weighted by molar-refractivity contribution is 5.96. The maximum absolute atomic E-state index is 14.8. The van der Waals surface area contributed by atoms with E-state index in [0.29, 0.717) is 50.1 Å². The summed E-state index contributed by atoms with van der Waals surface area (Å²) in [6.45, 7) is 13.8. The van der Waals surface area contributed by atoms with Crippen LogP contribution in [0.15, 0.2) is 54.7 Å². The molecule has 0 radical (unpaired) electrons. The number of hydrogen-bond acceptors (Lipinski definition) is 12. The lowest BCUT2D eigenvalue weighted by Gasteiger charge is -2.37. The molecular weight excluding hydrogens is 881 g/mol. The van der Waals surface area contributed by atoms with Gasteiger partial charge in [0.15, 0.2) is 0 Å². The van der Waals surface area contributed by atoms with Crippen molar-refractivity contribution in [2.75, 3.05) is 54.1 Å². The van der Waals surface area contributed by atoms with Gasteiger partial charge in [0.05, 0.1) is 43.9 Å². The zero-order chi connectivity index (χ0) is 49.5. The van der Waals surface area contributed by atoms with Crippen molar-refractivity contribution in [2.45, 2.75) is 110 Å². The molecule has 0 aliphatic carbocycles. The number of hydrogen-bond donors (Lipinski definition) is 4. The minimum absolute atomic E-state index is 0.0204. The Morgan fingerprint density at radius 3 is 2.52 bits per heavy atom. The van der Waals surface area contributed by atoms with Crippen molar-refractivity contribution in [1.29, 1.82) is 0 Å². The predicted octanol–water partition coefficient (Wildman–Crippen LogP) is 4.38. The number of hydrazine groups is 1. The second-order valence-electron chi connectivity index (χ2n) is 20.4. The molecule has 6 bridgehead atoms. The Bertz CT molecular complexity index is 2610. The van der Waals surface area contributed by atoms with Gasteiger partial charge in [-0.1, -0.05) is 39.8 Å². The van der Waals surface area contributed by atoms with Crippen molar-refractivity contribution in [1.82, 2.24) is 40.4 Å². The molecule has 4 aliphatic heterocycles. The van der Waals surface area contributed by atoms with Crippen LogP contribution < -0.4 is 16.1 Å². The van der Waals surface area contributed by atoms with Gasteiger partial charge in [0.2, 0.25) is 17.7 Å². The van der Waals surface area contributed by atoms with Gasteiger partial charge in [-0.15, -0.1) is 0 Å². The Balaban J connectivity index is 1.15. The van der Waals surface area contributed by atoms with E-state index in [-0.39, 0.29) is 67.8 Å². The Morgan fingerprint density at radius 2 is 1.83 bits per heavy atom. The largest absolute Gasteiger partial charge is 0.508 e. The standard InChI is InChI=1S/C52H68N8O9/c1-10-59-41-16-15-32-23-37(41)38(47(59)36-13-11-17-53-43(36)30(4)67-9)24-52(5,6)28-69-51(66)39-14-12-18-60(56-39)49(64)40(21-31-19-33(32)22-35(61)20-31)54-48(63)46(29(2)3)58(8)42(62)25-57(7)50(65)45-44(55-45)34-26-68-27-34/h11,13,15-17,19-20,22-23,29-30,34,39-40,44-46,55-56,61H,10,12,14,18,21,24-28H2,1-9H3,(H,54,63)/t30-,39-,40-,44+,45+,46?/m0/s1. The number of amides is 4. The number of methoxy groups -OCH3 is 1. The topological polar surface area (TPSA) is 207 Å². The quantitative estimate of drug-likeness (QED) is 0.115. The molecule has 4 N–H and O–H groups in total. The number of esters is 1. The monoisotopic (exact) mass is 949 g/mol. The highest BCUT2D eigenvalue weighted by atomic mass is 16.5. The van der Waals surface area contributed by atoms with Crippen molar-refractivity contribution in [3.8, 4) is 28.1 Å². The number of carbonyl (C=O) groups is 5. The molecule has 3 fully saturated rings. The molecule has 4 aromatic rings. The van der Waals surface area contributed by atoms with Crippen molar-refractivity contribution >= 4 is 40.5 Å². The zero-order valence-electron chi connectivity index (χ0n) is 41.3. The van der Waals surface area contributed by atoms with Crippen LogP contribution in [-0.2, 0) is 57.6 Å². The molecule has 8 rings (SSSR count). The molecule has 17 nitrogen and oxygen atoms in total. The molecule has 4 aliphatic rings. The summed E-state index contributed by atoms with van der Waals surface area (Å²) >= 11 is 0. The first kappa shape index (κ1) is 49.5. The summed E-state index contributed by atoms with van der Waals surface area (Å²) in [6.07, 6.45) is 2.92. The molecule has 2 aromatic heterocycles. The molecule has 17 heteroatoms. The molecule has 4 amide bonds. The van der Waals surface area contributed by atoms with Crippen LogP contribution >= 0.6 is 0 Å². The van der Waals surface area contributed by atoms with Gasteiger partial charge in [0.25, 0.3) is 5.91 Å². The Morgan fingerprint density at radius 1 is 1.06 bits per heavy atom. The van der Waals surface area contributed by atoms with E-state index in [4.69, 9.17) is 19.2 Å². The van der Waals surface area contributed by atoms with Crippen molar-refractivity contribution in [3.05, 3.63) is 71.5 Å². The normalized spacial score (nSPS) is 22.6. The Hall–Kier alpha value is -5.88. The van der Waals surface area contributed by atoms with E-state index >= 15 is 0 Å². The number of nitrogens with zero attached hydrogens (tertiary/aromatic N) is 5. The van der Waals surface area contributed by atoms with Crippen LogP contribution in [0.25, 0.3) is 33.3 Å². The summed E-state index contributed by atoms with van der Waals surface area (Å²) in [5.74, 6) is -2.32. The number of phenols is 1. The number of ether oxygens (including phenoxy) is 3. The van der Waals surface area contributed by atoms with Gasteiger partial charge >= 0.3 is 5.97 Å². The van der Waals surface area contributed by atoms with Crippen LogP contribution in [0.4, 0.5) is 0 Å². The van der Waals surface area contributed by atoms with E-state index in [0.717, 1.165) is 39.0 Å². The first-order chi connectivity index (χ1) is 32.9. The molecule has 0 saturated carbocycles. The summed E-state index contributed by atoms with van der Waals surface area (Å²) in [7, 11) is 4.77. The molecule has 6 heterocycles. The predicted molar refractivity (Wildman–Crippen MR) is 259 cm³/mol. The van der Waals surface area contributed by atoms with Gasteiger partial charge < -0.3 is 39.0 Å². The van der Waals surface area contributed by atoms with Gasteiger partial charge in [-0.3, -0.25) is 39.3 Å². The lowest BCUT2D eigenvalue weighted by molar-refractivity contribution is -0.155. The number of nitrogens with one attached hydrogen (secondary N) is 3. The number of aryl methyl sites for hydroxylation is 1. The number of likely N-dealkylation sites (N-methyl/N-ethyl adjacent to an activating group) is 2. The Labute approximate surface area is 404 Å². The number of phenolic OH excluding ortho intramolecular Hbond substituents is 1. The van der Waals surface area contributed by atoms with Crippen LogP contribution in [0.5, 0.6) is 5.75 Å². The highest BCUT2D eigenvalue weighted by Crippen LogP contribution is 2.42. The summed E-state index contributed by atoms with van der Waals surface area (Å²) in [5, 5.41) is 19.9. The molecule has 2 aromatic carbocycles. The zero-order valence-corrected chi connectivity index (χ0v) is 41.3. The average molecular weight is 949 g/mol. The van der Waals surface area contributed by atoms with Gasteiger partial charge in [0, 0.05) is 80.8 Å². The SMILES string of the molecule is CCn1c(-c2cccnc2[C@H](C)OC)c2c3cc(ccc31)-c1cc(O)cc(c1)C[C@H](NC(=O)C(C(C)C)N(C)C(=O)CN(C)C(=O)[C@@H]1N[C@@H]1C1COC1)C(=O)N1CCC[C@H](N1)C(=O)OCC(C)(C)C2. The fourth-order valence-corrected chi connectivity index (χ4v) is 10.3. The van der Waals surface area contributed by atoms with E-state index in [1.165, 1.54) is 21.9 Å². The number of pyridine rings is 1. The third kappa shape index (κ3) is 10.4. The van der Waals surface area contributed by atoms with Crippen LogP contribution in [0, 0.1) is 17.3 Å². The molecule has 3 saturated heterocycles. The number of benzene rings is 2. The number of aromatic nitrogens is 2. The first-order valence-electron chi connectivity index (χ1n) is 24.2. The number of carbonyl (C=O) groups excluding carboxylic acids is 5. The van der Waals surface area contributed by atoms with Crippen LogP contribution in [0.3, 0.4) is 0 Å². The number of cyclic esters (lactones) is 1. The fraction of sp³-hybridized carbons (Fsp3) is 0.538. The Kier molecular flexibility index (Phi) is 14.5. The molecule has 1 unspecified atom stereocenters. The number of rotatable bonds is 12. The average Bonchev–Trinajstić information content (AvgIpc) is 4.02. The summed E-state index contributed by atoms with van der Waals surface area (Å²) < 4.78 is 19.5. The second-order valence-corrected chi connectivity index (χ2v) is 20.4. The molecule has 0 spiro atoms. The number of aromatic hydroxyl groups is 1. The molecule has 6 atom stereocenters. The van der Waals surface area contributed by atoms with E-state index in [1.54, 1.807) is 32.5 Å². The van der Waals surface area contributed by atoms with E-state index in [9.17, 15) is 29.1 Å². The molecule has 370 valence electrons. The lowest BCUT2D eigenvalue weighted by Crippen LogP contribution is -2.62. The highest BCUT2D eigenvalue weighted by Gasteiger charge is 2.50. The molecular formula is C52H68N8O9. The summed E-state index contributed by atoms with van der Waals surface area (Å²) in [5.41, 5.74) is 9.47. The lowest BCUT2D eigenvalue weighted by atomic mass is 9.84. The van der Waals surface area contributed by atoms with Gasteiger partial charge in [-0.05, 0) is 97.7 Å². The van der Waals surface area contributed by atoms with Crippen molar-refractivity contribution in [3.63, 3.8) is 0 Å². The van der Waals surface area contributed by atoms with Gasteiger partial charge in [-0.25, -0.2) is 5.43 Å². The van der Waals surface area contributed by atoms with E-state index < -0.39 is 47.2 Å². The van der Waals surface area contributed by atoms with Crippen LogP contribution in [0.1, 0.15) is 77.3 Å². The van der Waals surface area contributed by atoms with E-state index in [1.807, 2.05) is 39.0 Å².